The van der Waals surface area contributed by atoms with Crippen molar-refractivity contribution in [3.8, 4) is 6.07 Å². The summed E-state index contributed by atoms with van der Waals surface area (Å²) in [7, 11) is 0. The molecule has 0 atom stereocenters. The lowest BCUT2D eigenvalue weighted by Gasteiger charge is -1.97. The monoisotopic (exact) mass is 180 g/mol. The number of nitrogen functional groups attached to an aromatic ring is 1. The molecule has 0 aliphatic carbocycles. The van der Waals surface area contributed by atoms with Gasteiger partial charge in [0.1, 0.15) is 5.82 Å². The molecule has 0 saturated carbocycles. The minimum Gasteiger partial charge on any atom is -0.476 e. The fraction of sp³-hybridized carbons (Fsp3) is 0.286. The number of nitriles is 1. The molecule has 1 rings (SSSR count). The largest absolute Gasteiger partial charge is 0.476 e. The first-order valence-electron chi connectivity index (χ1n) is 3.58. The van der Waals surface area contributed by atoms with Gasteiger partial charge in [0.2, 0.25) is 0 Å². The maximum atomic E-state index is 10.4. The van der Waals surface area contributed by atoms with Gasteiger partial charge in [0.05, 0.1) is 19.0 Å². The van der Waals surface area contributed by atoms with E-state index in [4.69, 9.17) is 16.1 Å². The number of hydrogen-bond donors (Lipinski definition) is 2. The van der Waals surface area contributed by atoms with Crippen LogP contribution in [0.4, 0.5) is 5.82 Å². The first-order chi connectivity index (χ1) is 6.15. The number of carboxylic acid groups (broad SMARTS) is 1. The maximum Gasteiger partial charge on any atom is 0.356 e. The van der Waals surface area contributed by atoms with Crippen molar-refractivity contribution < 1.29 is 9.90 Å². The molecular formula is C7H8N4O2. The summed E-state index contributed by atoms with van der Waals surface area (Å²) in [5, 5.41) is 20.5. The van der Waals surface area contributed by atoms with Crippen LogP contribution in [0.5, 0.6) is 0 Å². The molecule has 1 heterocycles. The van der Waals surface area contributed by atoms with Gasteiger partial charge in [0, 0.05) is 6.07 Å². The highest BCUT2D eigenvalue weighted by Gasteiger charge is 2.10. The number of anilines is 1. The Labute approximate surface area is 74.2 Å². The molecule has 0 aromatic carbocycles. The predicted molar refractivity (Wildman–Crippen MR) is 43.8 cm³/mol. The number of hydrogen-bond acceptors (Lipinski definition) is 4. The Bertz CT molecular complexity index is 363. The van der Waals surface area contributed by atoms with E-state index in [2.05, 4.69) is 5.10 Å². The van der Waals surface area contributed by atoms with Gasteiger partial charge in [0.15, 0.2) is 5.69 Å². The lowest BCUT2D eigenvalue weighted by Crippen LogP contribution is -2.05. The molecule has 0 aliphatic heterocycles. The Morgan fingerprint density at radius 3 is 3.00 bits per heavy atom. The molecule has 0 aliphatic rings. The average molecular weight is 180 g/mol. The lowest BCUT2D eigenvalue weighted by molar-refractivity contribution is 0.0689. The van der Waals surface area contributed by atoms with E-state index in [-0.39, 0.29) is 17.9 Å². The van der Waals surface area contributed by atoms with Crippen LogP contribution in [0.1, 0.15) is 16.9 Å². The van der Waals surface area contributed by atoms with E-state index >= 15 is 0 Å². The van der Waals surface area contributed by atoms with Gasteiger partial charge < -0.3 is 10.8 Å². The van der Waals surface area contributed by atoms with Gasteiger partial charge in [-0.25, -0.2) is 9.48 Å². The zero-order valence-corrected chi connectivity index (χ0v) is 6.77. The van der Waals surface area contributed by atoms with Crippen LogP contribution in [0, 0.1) is 11.3 Å². The van der Waals surface area contributed by atoms with Crippen LogP contribution in [0.25, 0.3) is 0 Å². The number of nitrogens with zero attached hydrogens (tertiary/aromatic N) is 3. The van der Waals surface area contributed by atoms with Gasteiger partial charge >= 0.3 is 5.97 Å². The van der Waals surface area contributed by atoms with E-state index in [1.54, 1.807) is 0 Å². The zero-order chi connectivity index (χ0) is 9.84. The van der Waals surface area contributed by atoms with Gasteiger partial charge in [-0.1, -0.05) is 0 Å². The fourth-order valence-corrected chi connectivity index (χ4v) is 0.871. The molecule has 0 saturated heterocycles. The Balaban J connectivity index is 2.85. The van der Waals surface area contributed by atoms with Crippen molar-refractivity contribution in [2.24, 2.45) is 0 Å². The highest BCUT2D eigenvalue weighted by Crippen LogP contribution is 2.06. The zero-order valence-electron chi connectivity index (χ0n) is 6.77. The highest BCUT2D eigenvalue weighted by atomic mass is 16.4. The van der Waals surface area contributed by atoms with Crippen molar-refractivity contribution in [3.05, 3.63) is 11.8 Å². The third kappa shape index (κ3) is 1.96. The third-order valence-electron chi connectivity index (χ3n) is 1.47. The first kappa shape index (κ1) is 9.06. The SMILES string of the molecule is N#CCCn1nc(C(=O)O)cc1N. The van der Waals surface area contributed by atoms with Crippen LogP contribution in [0.2, 0.25) is 0 Å². The molecule has 13 heavy (non-hydrogen) atoms. The van der Waals surface area contributed by atoms with E-state index < -0.39 is 5.97 Å². The van der Waals surface area contributed by atoms with Crippen molar-refractivity contribution in [3.63, 3.8) is 0 Å². The number of aromatic nitrogens is 2. The van der Waals surface area contributed by atoms with E-state index in [1.165, 1.54) is 10.7 Å². The topological polar surface area (TPSA) is 105 Å². The predicted octanol–water partition coefficient (Wildman–Crippen LogP) is 0.0772. The van der Waals surface area contributed by atoms with Gasteiger partial charge in [-0.2, -0.15) is 10.4 Å². The second-order valence-corrected chi connectivity index (χ2v) is 2.39. The van der Waals surface area contributed by atoms with Crippen LogP contribution in [0.15, 0.2) is 6.07 Å². The molecule has 0 spiro atoms. The minimum atomic E-state index is -1.12. The number of nitrogens with two attached hydrogens (primary N) is 1. The van der Waals surface area contributed by atoms with Crippen LogP contribution in [0.3, 0.4) is 0 Å². The number of aromatic carboxylic acids is 1. The van der Waals surface area contributed by atoms with Crippen molar-refractivity contribution in [1.82, 2.24) is 9.78 Å². The summed E-state index contributed by atoms with van der Waals surface area (Å²) in [5.74, 6) is -0.866. The Hall–Kier alpha value is -2.03. The number of aryl methyl sites for hydroxylation is 1. The van der Waals surface area contributed by atoms with E-state index in [1.807, 2.05) is 6.07 Å². The summed E-state index contributed by atoms with van der Waals surface area (Å²) in [6.45, 7) is 0.315. The number of rotatable bonds is 3. The van der Waals surface area contributed by atoms with Gasteiger partial charge in [-0.3, -0.25) is 0 Å². The first-order valence-corrected chi connectivity index (χ1v) is 3.58. The molecule has 1 aromatic rings. The molecule has 68 valence electrons. The van der Waals surface area contributed by atoms with E-state index in [9.17, 15) is 4.79 Å². The molecule has 0 bridgehead atoms. The normalized spacial score (nSPS) is 9.46. The Morgan fingerprint density at radius 2 is 2.54 bits per heavy atom. The third-order valence-corrected chi connectivity index (χ3v) is 1.47. The highest BCUT2D eigenvalue weighted by molar-refractivity contribution is 5.86. The summed E-state index contributed by atoms with van der Waals surface area (Å²) in [5.41, 5.74) is 5.35. The quantitative estimate of drug-likeness (QED) is 0.685. The molecule has 0 unspecified atom stereocenters. The minimum absolute atomic E-state index is 0.101. The average Bonchev–Trinajstić information content (AvgIpc) is 2.44. The van der Waals surface area contributed by atoms with Crippen LogP contribution < -0.4 is 5.73 Å². The van der Waals surface area contributed by atoms with Crippen LogP contribution in [-0.2, 0) is 6.54 Å². The second kappa shape index (κ2) is 3.58. The number of carbonyl (C=O) groups is 1. The summed E-state index contributed by atoms with van der Waals surface area (Å²) in [6, 6.07) is 3.18. The molecule has 0 fully saturated rings. The summed E-state index contributed by atoms with van der Waals surface area (Å²) >= 11 is 0. The lowest BCUT2D eigenvalue weighted by atomic mass is 10.4. The van der Waals surface area contributed by atoms with Gasteiger partial charge in [-0.05, 0) is 0 Å². The van der Waals surface area contributed by atoms with Crippen molar-refractivity contribution in [2.75, 3.05) is 5.73 Å². The molecule has 3 N–H and O–H groups in total. The second-order valence-electron chi connectivity index (χ2n) is 2.39. The summed E-state index contributed by atoms with van der Waals surface area (Å²) in [6.07, 6.45) is 0.255. The Kier molecular flexibility index (Phi) is 2.50. The van der Waals surface area contributed by atoms with Gasteiger partial charge in [0.25, 0.3) is 0 Å². The molecule has 0 amide bonds. The molecule has 0 radical (unpaired) electrons. The van der Waals surface area contributed by atoms with E-state index in [0.717, 1.165) is 0 Å². The van der Waals surface area contributed by atoms with Crippen molar-refractivity contribution >= 4 is 11.8 Å². The fourth-order valence-electron chi connectivity index (χ4n) is 0.871. The molecule has 6 heteroatoms. The molecular weight excluding hydrogens is 172 g/mol. The standard InChI is InChI=1S/C7H8N4O2/c8-2-1-3-11-6(9)4-5(10-11)7(12)13/h4H,1,3,9H2,(H,12,13). The smallest absolute Gasteiger partial charge is 0.356 e. The molecule has 1 aromatic heterocycles. The maximum absolute atomic E-state index is 10.4. The van der Waals surface area contributed by atoms with E-state index in [0.29, 0.717) is 6.54 Å². The summed E-state index contributed by atoms with van der Waals surface area (Å²) < 4.78 is 1.30. The molecule has 6 nitrogen and oxygen atoms in total. The van der Waals surface area contributed by atoms with Crippen molar-refractivity contribution in [2.45, 2.75) is 13.0 Å². The van der Waals surface area contributed by atoms with Crippen molar-refractivity contribution in [1.29, 1.82) is 5.26 Å². The van der Waals surface area contributed by atoms with Gasteiger partial charge in [-0.15, -0.1) is 0 Å². The summed E-state index contributed by atoms with van der Waals surface area (Å²) in [4.78, 5) is 10.4. The van der Waals surface area contributed by atoms with Crippen LogP contribution >= 0.6 is 0 Å². The number of carboxylic acids is 1. The van der Waals surface area contributed by atoms with Crippen LogP contribution in [-0.4, -0.2) is 20.9 Å². The Morgan fingerprint density at radius 1 is 1.85 bits per heavy atom.